The van der Waals surface area contributed by atoms with Crippen LogP contribution in [-0.4, -0.2) is 29.5 Å². The molecule has 0 aliphatic heterocycles. The first-order valence-electron chi connectivity index (χ1n) is 17.6. The molecule has 6 heteroatoms. The number of rotatable bonds is 6. The standard InChI is InChI=1S/C47H30N6/c1-3-12-33(13-4-1)41-30-42(51-46(50-41)35-14-5-2-6-15-35)34-22-20-31(21-23-34)32-24-26-36(27-25-32)53-45-39-18-11-29-49-43(39)37-16-7-8-17-38(37)44(45)52-47(53)40-19-9-10-28-48-40/h1-30H. The Morgan fingerprint density at radius 1 is 0.358 bits per heavy atom. The van der Waals surface area contributed by atoms with Crippen molar-refractivity contribution in [3.8, 4) is 62.2 Å². The van der Waals surface area contributed by atoms with Gasteiger partial charge in [0.25, 0.3) is 0 Å². The zero-order valence-electron chi connectivity index (χ0n) is 28.5. The SMILES string of the molecule is c1ccc(-c2cc(-c3ccc(-c4ccc(-n5c(-c6ccccn6)nc6c7ccccc7c7ncccc7c65)cc4)cc3)nc(-c3ccccc3)n2)cc1. The van der Waals surface area contributed by atoms with Crippen molar-refractivity contribution in [2.75, 3.05) is 0 Å². The molecule has 4 heterocycles. The number of fused-ring (bicyclic) bond motifs is 6. The van der Waals surface area contributed by atoms with Gasteiger partial charge in [-0.2, -0.15) is 0 Å². The fourth-order valence-corrected chi connectivity index (χ4v) is 7.19. The first-order valence-corrected chi connectivity index (χ1v) is 17.6. The molecule has 6 nitrogen and oxygen atoms in total. The van der Waals surface area contributed by atoms with E-state index in [1.807, 2.05) is 85.2 Å². The summed E-state index contributed by atoms with van der Waals surface area (Å²) in [6.07, 6.45) is 3.67. The summed E-state index contributed by atoms with van der Waals surface area (Å²) in [7, 11) is 0. The molecule has 248 valence electrons. The number of pyridine rings is 2. The number of benzene rings is 6. The number of hydrogen-bond donors (Lipinski definition) is 0. The van der Waals surface area contributed by atoms with Crippen LogP contribution in [0.3, 0.4) is 0 Å². The normalized spacial score (nSPS) is 11.4. The van der Waals surface area contributed by atoms with Gasteiger partial charge in [0, 0.05) is 50.9 Å². The van der Waals surface area contributed by atoms with Crippen LogP contribution in [-0.2, 0) is 0 Å². The highest BCUT2D eigenvalue weighted by atomic mass is 15.1. The Labute approximate surface area is 305 Å². The average Bonchev–Trinajstić information content (AvgIpc) is 3.66. The van der Waals surface area contributed by atoms with Crippen molar-refractivity contribution in [2.45, 2.75) is 0 Å². The van der Waals surface area contributed by atoms with Crippen LogP contribution in [0.1, 0.15) is 0 Å². The zero-order valence-corrected chi connectivity index (χ0v) is 28.5. The molecule has 0 radical (unpaired) electrons. The fraction of sp³-hybridized carbons (Fsp3) is 0. The van der Waals surface area contributed by atoms with Gasteiger partial charge in [-0.15, -0.1) is 0 Å². The number of nitrogens with zero attached hydrogens (tertiary/aromatic N) is 6. The van der Waals surface area contributed by atoms with Crippen LogP contribution in [0.2, 0.25) is 0 Å². The molecule has 6 aromatic carbocycles. The van der Waals surface area contributed by atoms with Crippen molar-refractivity contribution in [3.05, 3.63) is 182 Å². The fourth-order valence-electron chi connectivity index (χ4n) is 7.19. The summed E-state index contributed by atoms with van der Waals surface area (Å²) in [6, 6.07) is 58.2. The minimum atomic E-state index is 0.704. The van der Waals surface area contributed by atoms with E-state index >= 15 is 0 Å². The van der Waals surface area contributed by atoms with Crippen LogP contribution >= 0.6 is 0 Å². The smallest absolute Gasteiger partial charge is 0.164 e. The molecular weight excluding hydrogens is 649 g/mol. The zero-order chi connectivity index (χ0) is 35.1. The van der Waals surface area contributed by atoms with E-state index < -0.39 is 0 Å². The maximum absolute atomic E-state index is 5.27. The predicted octanol–water partition coefficient (Wildman–Crippen LogP) is 11.2. The van der Waals surface area contributed by atoms with Gasteiger partial charge < -0.3 is 0 Å². The van der Waals surface area contributed by atoms with Gasteiger partial charge in [-0.25, -0.2) is 15.0 Å². The lowest BCUT2D eigenvalue weighted by atomic mass is 10.0. The summed E-state index contributed by atoms with van der Waals surface area (Å²) in [5.74, 6) is 1.49. The van der Waals surface area contributed by atoms with Crippen molar-refractivity contribution in [3.63, 3.8) is 0 Å². The van der Waals surface area contributed by atoms with Crippen LogP contribution in [0, 0.1) is 0 Å². The van der Waals surface area contributed by atoms with Gasteiger partial charge in [0.05, 0.1) is 27.9 Å². The monoisotopic (exact) mass is 678 g/mol. The van der Waals surface area contributed by atoms with Gasteiger partial charge >= 0.3 is 0 Å². The number of aromatic nitrogens is 6. The first-order chi connectivity index (χ1) is 26.3. The van der Waals surface area contributed by atoms with Crippen molar-refractivity contribution in [2.24, 2.45) is 0 Å². The Bertz CT molecular complexity index is 2850. The molecule has 0 unspecified atom stereocenters. The first kappa shape index (κ1) is 30.5. The topological polar surface area (TPSA) is 69.4 Å². The van der Waals surface area contributed by atoms with Gasteiger partial charge in [-0.05, 0) is 53.6 Å². The molecule has 4 aromatic heterocycles. The summed E-state index contributed by atoms with van der Waals surface area (Å²) in [5, 5.41) is 3.20. The number of hydrogen-bond acceptors (Lipinski definition) is 5. The van der Waals surface area contributed by atoms with Crippen LogP contribution in [0.4, 0.5) is 0 Å². The van der Waals surface area contributed by atoms with E-state index in [0.717, 1.165) is 89.1 Å². The molecular formula is C47H30N6. The van der Waals surface area contributed by atoms with Crippen molar-refractivity contribution in [1.82, 2.24) is 29.5 Å². The molecule has 0 aliphatic rings. The molecule has 0 atom stereocenters. The molecule has 0 spiro atoms. The maximum atomic E-state index is 5.27. The van der Waals surface area contributed by atoms with E-state index in [1.54, 1.807) is 0 Å². The van der Waals surface area contributed by atoms with Gasteiger partial charge in [-0.1, -0.05) is 127 Å². The summed E-state index contributed by atoms with van der Waals surface area (Å²) in [6.45, 7) is 0. The summed E-state index contributed by atoms with van der Waals surface area (Å²) >= 11 is 0. The molecule has 10 aromatic rings. The molecule has 0 amide bonds. The molecule has 0 N–H and O–H groups in total. The van der Waals surface area contributed by atoms with Gasteiger partial charge in [-0.3, -0.25) is 14.5 Å². The Hall–Kier alpha value is -7.31. The van der Waals surface area contributed by atoms with Crippen molar-refractivity contribution in [1.29, 1.82) is 0 Å². The lowest BCUT2D eigenvalue weighted by Gasteiger charge is -2.13. The Morgan fingerprint density at radius 2 is 0.906 bits per heavy atom. The van der Waals surface area contributed by atoms with Gasteiger partial charge in [0.1, 0.15) is 5.69 Å². The van der Waals surface area contributed by atoms with Crippen molar-refractivity contribution >= 4 is 32.7 Å². The van der Waals surface area contributed by atoms with Gasteiger partial charge in [0.2, 0.25) is 0 Å². The molecule has 10 rings (SSSR count). The minimum Gasteiger partial charge on any atom is -0.290 e. The van der Waals surface area contributed by atoms with Crippen LogP contribution in [0.15, 0.2) is 182 Å². The van der Waals surface area contributed by atoms with E-state index in [-0.39, 0.29) is 0 Å². The van der Waals surface area contributed by atoms with Crippen LogP contribution in [0.5, 0.6) is 0 Å². The maximum Gasteiger partial charge on any atom is 0.164 e. The third kappa shape index (κ3) is 5.41. The Morgan fingerprint density at radius 3 is 1.58 bits per heavy atom. The van der Waals surface area contributed by atoms with E-state index in [2.05, 4.69) is 102 Å². The quantitative estimate of drug-likeness (QED) is 0.164. The second-order valence-electron chi connectivity index (χ2n) is 12.9. The molecule has 0 bridgehead atoms. The molecule has 53 heavy (non-hydrogen) atoms. The average molecular weight is 679 g/mol. The summed E-state index contributed by atoms with van der Waals surface area (Å²) in [4.78, 5) is 24.8. The van der Waals surface area contributed by atoms with E-state index in [0.29, 0.717) is 5.82 Å². The van der Waals surface area contributed by atoms with E-state index in [1.165, 1.54) is 0 Å². The Kier molecular flexibility index (Phi) is 7.36. The largest absolute Gasteiger partial charge is 0.290 e. The minimum absolute atomic E-state index is 0.704. The van der Waals surface area contributed by atoms with E-state index in [9.17, 15) is 0 Å². The molecule has 0 saturated heterocycles. The Balaban J connectivity index is 1.06. The highest BCUT2D eigenvalue weighted by Gasteiger charge is 2.21. The predicted molar refractivity (Wildman–Crippen MR) is 214 cm³/mol. The number of imidazole rings is 1. The summed E-state index contributed by atoms with van der Waals surface area (Å²) < 4.78 is 2.23. The van der Waals surface area contributed by atoms with Gasteiger partial charge in [0.15, 0.2) is 11.6 Å². The lowest BCUT2D eigenvalue weighted by Crippen LogP contribution is -1.99. The second kappa shape index (κ2) is 12.8. The van der Waals surface area contributed by atoms with Crippen LogP contribution in [0.25, 0.3) is 94.9 Å². The summed E-state index contributed by atoms with van der Waals surface area (Å²) in [5.41, 5.74) is 11.8. The molecule has 0 fully saturated rings. The lowest BCUT2D eigenvalue weighted by molar-refractivity contribution is 1.08. The third-order valence-corrected chi connectivity index (χ3v) is 9.74. The molecule has 0 saturated carbocycles. The van der Waals surface area contributed by atoms with Crippen molar-refractivity contribution < 1.29 is 0 Å². The van der Waals surface area contributed by atoms with Crippen LogP contribution < -0.4 is 0 Å². The molecule has 0 aliphatic carbocycles. The highest BCUT2D eigenvalue weighted by molar-refractivity contribution is 6.23. The highest BCUT2D eigenvalue weighted by Crippen LogP contribution is 2.38. The second-order valence-corrected chi connectivity index (χ2v) is 12.9. The van der Waals surface area contributed by atoms with E-state index in [4.69, 9.17) is 24.9 Å². The third-order valence-electron chi connectivity index (χ3n) is 9.74.